The molecule has 0 atom stereocenters. The first-order valence-electron chi connectivity index (χ1n) is 6.15. The van der Waals surface area contributed by atoms with Crippen LogP contribution in [0, 0.1) is 6.92 Å². The van der Waals surface area contributed by atoms with Crippen LogP contribution in [0.1, 0.15) is 11.1 Å². The second kappa shape index (κ2) is 5.92. The molecule has 106 valence electrons. The Morgan fingerprint density at radius 1 is 1.10 bits per heavy atom. The number of hydrogen-bond acceptors (Lipinski definition) is 4. The fourth-order valence-corrected chi connectivity index (χ4v) is 2.31. The summed E-state index contributed by atoms with van der Waals surface area (Å²) in [6, 6.07) is 9.08. The van der Waals surface area contributed by atoms with E-state index >= 15 is 0 Å². The van der Waals surface area contributed by atoms with Crippen LogP contribution in [0.4, 0.5) is 11.4 Å². The van der Waals surface area contributed by atoms with Crippen LogP contribution in [-0.2, 0) is 16.6 Å². The SMILES string of the molecule is Cc1ccncc1CNc1ccc(NS(C)(=O)=O)cc1. The maximum Gasteiger partial charge on any atom is 0.229 e. The summed E-state index contributed by atoms with van der Waals surface area (Å²) < 4.78 is 24.6. The summed E-state index contributed by atoms with van der Waals surface area (Å²) in [7, 11) is -3.23. The predicted molar refractivity (Wildman–Crippen MR) is 81.2 cm³/mol. The van der Waals surface area contributed by atoms with Crippen LogP contribution in [-0.4, -0.2) is 19.7 Å². The van der Waals surface area contributed by atoms with Gasteiger partial charge in [0.1, 0.15) is 0 Å². The molecule has 0 amide bonds. The lowest BCUT2D eigenvalue weighted by Crippen LogP contribution is -2.09. The molecule has 0 aliphatic carbocycles. The maximum atomic E-state index is 11.1. The molecule has 2 rings (SSSR count). The molecule has 1 aromatic carbocycles. The van der Waals surface area contributed by atoms with E-state index in [1.165, 1.54) is 5.56 Å². The molecule has 2 aromatic rings. The molecule has 0 spiro atoms. The van der Waals surface area contributed by atoms with Crippen LogP contribution in [0.2, 0.25) is 0 Å². The smallest absolute Gasteiger partial charge is 0.229 e. The van der Waals surface area contributed by atoms with Crippen molar-refractivity contribution >= 4 is 21.4 Å². The monoisotopic (exact) mass is 291 g/mol. The van der Waals surface area contributed by atoms with E-state index in [9.17, 15) is 8.42 Å². The number of aromatic nitrogens is 1. The molecular weight excluding hydrogens is 274 g/mol. The molecule has 1 aromatic heterocycles. The van der Waals surface area contributed by atoms with Crippen LogP contribution >= 0.6 is 0 Å². The van der Waals surface area contributed by atoms with E-state index in [1.807, 2.05) is 31.3 Å². The van der Waals surface area contributed by atoms with Crippen LogP contribution in [0.3, 0.4) is 0 Å². The van der Waals surface area contributed by atoms with E-state index in [1.54, 1.807) is 18.3 Å². The van der Waals surface area contributed by atoms with Gasteiger partial charge < -0.3 is 5.32 Å². The number of nitrogens with zero attached hydrogens (tertiary/aromatic N) is 1. The number of nitrogens with one attached hydrogen (secondary N) is 2. The summed E-state index contributed by atoms with van der Waals surface area (Å²) >= 11 is 0. The number of sulfonamides is 1. The summed E-state index contributed by atoms with van der Waals surface area (Å²) in [5.41, 5.74) is 3.79. The predicted octanol–water partition coefficient (Wildman–Crippen LogP) is 2.37. The van der Waals surface area contributed by atoms with Gasteiger partial charge in [-0.2, -0.15) is 0 Å². The average Bonchev–Trinajstić information content (AvgIpc) is 2.38. The lowest BCUT2D eigenvalue weighted by molar-refractivity contribution is 0.607. The van der Waals surface area contributed by atoms with Crippen LogP contribution in [0.25, 0.3) is 0 Å². The minimum Gasteiger partial charge on any atom is -0.381 e. The Bertz CT molecular complexity index is 682. The first-order chi connectivity index (χ1) is 9.44. The second-order valence-electron chi connectivity index (χ2n) is 4.61. The van der Waals surface area contributed by atoms with Gasteiger partial charge in [0, 0.05) is 30.3 Å². The zero-order valence-corrected chi connectivity index (χ0v) is 12.2. The van der Waals surface area contributed by atoms with Crippen molar-refractivity contribution in [2.24, 2.45) is 0 Å². The first-order valence-corrected chi connectivity index (χ1v) is 8.04. The van der Waals surface area contributed by atoms with E-state index < -0.39 is 10.0 Å². The maximum absolute atomic E-state index is 11.1. The Kier molecular flexibility index (Phi) is 4.24. The number of hydrogen-bond donors (Lipinski definition) is 2. The fraction of sp³-hybridized carbons (Fsp3) is 0.214. The molecule has 0 saturated carbocycles. The molecule has 2 N–H and O–H groups in total. The van der Waals surface area contributed by atoms with Gasteiger partial charge in [0.05, 0.1) is 6.26 Å². The first kappa shape index (κ1) is 14.3. The van der Waals surface area contributed by atoms with Gasteiger partial charge in [-0.15, -0.1) is 0 Å². The number of rotatable bonds is 5. The molecule has 0 unspecified atom stereocenters. The number of pyridine rings is 1. The second-order valence-corrected chi connectivity index (χ2v) is 6.36. The van der Waals surface area contributed by atoms with Crippen molar-refractivity contribution in [2.45, 2.75) is 13.5 Å². The number of anilines is 2. The molecule has 5 nitrogen and oxygen atoms in total. The van der Waals surface area contributed by atoms with Crippen LogP contribution in [0.15, 0.2) is 42.7 Å². The Morgan fingerprint density at radius 2 is 1.75 bits per heavy atom. The van der Waals surface area contributed by atoms with Crippen LogP contribution in [0.5, 0.6) is 0 Å². The van der Waals surface area contributed by atoms with E-state index in [-0.39, 0.29) is 0 Å². The Labute approximate surface area is 119 Å². The van der Waals surface area contributed by atoms with Gasteiger partial charge in [-0.25, -0.2) is 8.42 Å². The molecule has 6 heteroatoms. The van der Waals surface area contributed by atoms with Crippen LogP contribution < -0.4 is 10.0 Å². The summed E-state index contributed by atoms with van der Waals surface area (Å²) in [5, 5.41) is 3.27. The Morgan fingerprint density at radius 3 is 2.35 bits per heavy atom. The normalized spacial score (nSPS) is 11.1. The summed E-state index contributed by atoms with van der Waals surface area (Å²) in [5.74, 6) is 0. The van der Waals surface area contributed by atoms with E-state index in [0.717, 1.165) is 17.5 Å². The van der Waals surface area contributed by atoms with Gasteiger partial charge in [0.25, 0.3) is 0 Å². The number of aryl methyl sites for hydroxylation is 1. The van der Waals surface area contributed by atoms with Crippen molar-refractivity contribution in [2.75, 3.05) is 16.3 Å². The third-order valence-electron chi connectivity index (χ3n) is 2.82. The van der Waals surface area contributed by atoms with E-state index in [2.05, 4.69) is 15.0 Å². The highest BCUT2D eigenvalue weighted by Crippen LogP contribution is 2.16. The summed E-state index contributed by atoms with van der Waals surface area (Å²) in [6.45, 7) is 2.72. The highest BCUT2D eigenvalue weighted by Gasteiger charge is 2.02. The lowest BCUT2D eigenvalue weighted by atomic mass is 10.1. The zero-order chi connectivity index (χ0) is 14.6. The molecule has 0 bridgehead atoms. The van der Waals surface area contributed by atoms with Gasteiger partial charge in [-0.05, 0) is 48.4 Å². The average molecular weight is 291 g/mol. The van der Waals surface area contributed by atoms with E-state index in [0.29, 0.717) is 12.2 Å². The van der Waals surface area contributed by atoms with Crippen molar-refractivity contribution in [1.82, 2.24) is 4.98 Å². The lowest BCUT2D eigenvalue weighted by Gasteiger charge is -2.09. The van der Waals surface area contributed by atoms with Crippen molar-refractivity contribution < 1.29 is 8.42 Å². The van der Waals surface area contributed by atoms with Crippen molar-refractivity contribution in [3.63, 3.8) is 0 Å². The molecule has 0 aliphatic rings. The molecule has 0 radical (unpaired) electrons. The summed E-state index contributed by atoms with van der Waals surface area (Å²) in [4.78, 5) is 4.10. The highest BCUT2D eigenvalue weighted by molar-refractivity contribution is 7.92. The van der Waals surface area contributed by atoms with Gasteiger partial charge >= 0.3 is 0 Å². The molecule has 0 fully saturated rings. The minimum absolute atomic E-state index is 0.551. The van der Waals surface area contributed by atoms with Crippen molar-refractivity contribution in [3.8, 4) is 0 Å². The van der Waals surface area contributed by atoms with Crippen molar-refractivity contribution in [3.05, 3.63) is 53.9 Å². The molecular formula is C14H17N3O2S. The Hall–Kier alpha value is -2.08. The highest BCUT2D eigenvalue weighted by atomic mass is 32.2. The third kappa shape index (κ3) is 4.24. The zero-order valence-electron chi connectivity index (χ0n) is 11.4. The molecule has 0 saturated heterocycles. The van der Waals surface area contributed by atoms with Gasteiger partial charge in [0.2, 0.25) is 10.0 Å². The topological polar surface area (TPSA) is 71.1 Å². The third-order valence-corrected chi connectivity index (χ3v) is 3.43. The summed E-state index contributed by atoms with van der Waals surface area (Å²) in [6.07, 6.45) is 4.73. The molecule has 1 heterocycles. The Balaban J connectivity index is 1.99. The largest absolute Gasteiger partial charge is 0.381 e. The fourth-order valence-electron chi connectivity index (χ4n) is 1.75. The van der Waals surface area contributed by atoms with Gasteiger partial charge in [-0.3, -0.25) is 9.71 Å². The standard InChI is InChI=1S/C14H17N3O2S/c1-11-7-8-15-9-12(11)10-16-13-3-5-14(6-4-13)17-20(2,18)19/h3-9,16-17H,10H2,1-2H3. The number of benzene rings is 1. The molecule has 20 heavy (non-hydrogen) atoms. The van der Waals surface area contributed by atoms with E-state index in [4.69, 9.17) is 0 Å². The van der Waals surface area contributed by atoms with Gasteiger partial charge in [-0.1, -0.05) is 0 Å². The minimum atomic E-state index is -3.23. The quantitative estimate of drug-likeness (QED) is 0.887. The molecule has 0 aliphatic heterocycles. The van der Waals surface area contributed by atoms with Crippen molar-refractivity contribution in [1.29, 1.82) is 0 Å². The van der Waals surface area contributed by atoms with Gasteiger partial charge in [0.15, 0.2) is 0 Å².